The van der Waals surface area contributed by atoms with Crippen LogP contribution in [0.3, 0.4) is 0 Å². The van der Waals surface area contributed by atoms with Crippen LogP contribution in [0.1, 0.15) is 24.8 Å². The Kier molecular flexibility index (Phi) is 5.39. The molecule has 1 atom stereocenters. The van der Waals surface area contributed by atoms with Crippen LogP contribution in [0.4, 0.5) is 14.9 Å². The summed E-state index contributed by atoms with van der Waals surface area (Å²) in [5.41, 5.74) is 2.15. The van der Waals surface area contributed by atoms with Crippen molar-refractivity contribution in [3.63, 3.8) is 0 Å². The quantitative estimate of drug-likeness (QED) is 0.787. The van der Waals surface area contributed by atoms with Crippen molar-refractivity contribution in [1.29, 1.82) is 0 Å². The predicted molar refractivity (Wildman–Crippen MR) is 105 cm³/mol. The van der Waals surface area contributed by atoms with E-state index in [9.17, 15) is 9.18 Å². The minimum atomic E-state index is -0.278. The van der Waals surface area contributed by atoms with Gasteiger partial charge in [-0.2, -0.15) is 0 Å². The number of hydrogen-bond acceptors (Lipinski definition) is 2. The van der Waals surface area contributed by atoms with Gasteiger partial charge in [-0.1, -0.05) is 30.3 Å². The van der Waals surface area contributed by atoms with E-state index >= 15 is 0 Å². The Bertz CT molecular complexity index is 765. The second-order valence-corrected chi connectivity index (χ2v) is 7.48. The zero-order valence-electron chi connectivity index (χ0n) is 15.6. The van der Waals surface area contributed by atoms with Crippen LogP contribution < -0.4 is 4.90 Å². The smallest absolute Gasteiger partial charge is 0.291 e. The summed E-state index contributed by atoms with van der Waals surface area (Å²) in [4.78, 5) is 14.6. The summed E-state index contributed by atoms with van der Waals surface area (Å²) in [5, 5.41) is 4.11. The number of carbonyl (C=O) groups is 1. The van der Waals surface area contributed by atoms with Gasteiger partial charge in [0.15, 0.2) is 0 Å². The standard InChI is InChI=1S/C22H26FN3O/c23-20-10-12-21(13-11-20)25-15-16-26(22(25)27)24-14-4-7-19(17-24)9-8-18-5-2-1-3-6-18/h1-3,5-6,10-13,19H,4,7-9,14-17H2/t19-/m1/s1. The van der Waals surface area contributed by atoms with E-state index in [0.29, 0.717) is 19.0 Å². The van der Waals surface area contributed by atoms with Crippen molar-refractivity contribution >= 4 is 11.7 Å². The predicted octanol–water partition coefficient (Wildman–Crippen LogP) is 4.33. The van der Waals surface area contributed by atoms with Gasteiger partial charge in [-0.15, -0.1) is 0 Å². The number of halogens is 1. The van der Waals surface area contributed by atoms with Gasteiger partial charge in [0, 0.05) is 25.3 Å². The van der Waals surface area contributed by atoms with Crippen LogP contribution in [-0.2, 0) is 6.42 Å². The average Bonchev–Trinajstić information content (AvgIpc) is 3.09. The van der Waals surface area contributed by atoms with Crippen LogP contribution in [0, 0.1) is 11.7 Å². The van der Waals surface area contributed by atoms with Gasteiger partial charge in [-0.3, -0.25) is 9.91 Å². The van der Waals surface area contributed by atoms with Crippen molar-refractivity contribution in [2.24, 2.45) is 5.92 Å². The third-order valence-electron chi connectivity index (χ3n) is 5.65. The van der Waals surface area contributed by atoms with Crippen molar-refractivity contribution in [1.82, 2.24) is 10.0 Å². The summed E-state index contributed by atoms with van der Waals surface area (Å²) in [7, 11) is 0. The number of hydrogen-bond donors (Lipinski definition) is 0. The molecule has 2 fully saturated rings. The summed E-state index contributed by atoms with van der Waals surface area (Å²) in [6, 6.07) is 16.8. The van der Waals surface area contributed by atoms with Gasteiger partial charge in [-0.25, -0.2) is 14.2 Å². The lowest BCUT2D eigenvalue weighted by Crippen LogP contribution is -2.50. The third kappa shape index (κ3) is 4.14. The molecule has 2 aromatic carbocycles. The maximum atomic E-state index is 13.2. The molecule has 4 rings (SSSR count). The highest BCUT2D eigenvalue weighted by atomic mass is 19.1. The minimum Gasteiger partial charge on any atom is -0.291 e. The van der Waals surface area contributed by atoms with E-state index in [-0.39, 0.29) is 11.8 Å². The van der Waals surface area contributed by atoms with E-state index in [1.54, 1.807) is 17.0 Å². The fourth-order valence-electron chi connectivity index (χ4n) is 4.16. The number of rotatable bonds is 5. The number of nitrogens with zero attached hydrogens (tertiary/aromatic N) is 3. The summed E-state index contributed by atoms with van der Waals surface area (Å²) in [5.74, 6) is 0.339. The lowest BCUT2D eigenvalue weighted by Gasteiger charge is -2.38. The summed E-state index contributed by atoms with van der Waals surface area (Å²) >= 11 is 0. The number of piperidine rings is 1. The molecular weight excluding hydrogens is 341 g/mol. The summed E-state index contributed by atoms with van der Waals surface area (Å²) < 4.78 is 13.2. The van der Waals surface area contributed by atoms with Gasteiger partial charge in [0.2, 0.25) is 0 Å². The Hall–Kier alpha value is -2.40. The lowest BCUT2D eigenvalue weighted by molar-refractivity contribution is -0.00550. The minimum absolute atomic E-state index is 0.00492. The van der Waals surface area contributed by atoms with E-state index in [1.165, 1.54) is 24.1 Å². The molecule has 2 amide bonds. The monoisotopic (exact) mass is 367 g/mol. The number of anilines is 1. The first-order valence-electron chi connectivity index (χ1n) is 9.84. The van der Waals surface area contributed by atoms with Gasteiger partial charge in [-0.05, 0) is 61.4 Å². The van der Waals surface area contributed by atoms with E-state index in [0.717, 1.165) is 38.0 Å². The topological polar surface area (TPSA) is 26.8 Å². The maximum absolute atomic E-state index is 13.2. The molecule has 0 unspecified atom stereocenters. The number of urea groups is 1. The Morgan fingerprint density at radius 3 is 2.52 bits per heavy atom. The zero-order valence-corrected chi connectivity index (χ0v) is 15.6. The Morgan fingerprint density at radius 2 is 1.74 bits per heavy atom. The first-order chi connectivity index (χ1) is 13.2. The third-order valence-corrected chi connectivity index (χ3v) is 5.65. The highest BCUT2D eigenvalue weighted by Crippen LogP contribution is 2.27. The molecule has 2 saturated heterocycles. The fraction of sp³-hybridized carbons (Fsp3) is 0.409. The molecule has 0 aliphatic carbocycles. The van der Waals surface area contributed by atoms with Crippen LogP contribution in [0.15, 0.2) is 54.6 Å². The van der Waals surface area contributed by atoms with Crippen molar-refractivity contribution < 1.29 is 9.18 Å². The van der Waals surface area contributed by atoms with Crippen LogP contribution >= 0.6 is 0 Å². The number of aryl methyl sites for hydroxylation is 1. The number of carbonyl (C=O) groups excluding carboxylic acids is 1. The second kappa shape index (κ2) is 8.09. The molecule has 0 bridgehead atoms. The van der Waals surface area contributed by atoms with Gasteiger partial charge in [0.25, 0.3) is 0 Å². The second-order valence-electron chi connectivity index (χ2n) is 7.48. The first-order valence-corrected chi connectivity index (χ1v) is 9.84. The molecule has 0 N–H and O–H groups in total. The summed E-state index contributed by atoms with van der Waals surface area (Å²) in [6.07, 6.45) is 4.60. The van der Waals surface area contributed by atoms with Gasteiger partial charge in [0.1, 0.15) is 5.82 Å². The Balaban J connectivity index is 1.35. The van der Waals surface area contributed by atoms with Crippen LogP contribution in [0.5, 0.6) is 0 Å². The molecule has 2 aliphatic rings. The molecule has 0 saturated carbocycles. The SMILES string of the molecule is O=C1N(c2ccc(F)cc2)CCN1N1CCC[C@H](CCc2ccccc2)C1. The van der Waals surface area contributed by atoms with E-state index < -0.39 is 0 Å². The molecule has 0 aromatic heterocycles. The number of hydrazine groups is 1. The molecule has 2 heterocycles. The Labute approximate surface area is 160 Å². The molecule has 2 aromatic rings. The molecule has 0 spiro atoms. The molecule has 4 nitrogen and oxygen atoms in total. The fourth-order valence-corrected chi connectivity index (χ4v) is 4.16. The van der Waals surface area contributed by atoms with Gasteiger partial charge >= 0.3 is 6.03 Å². The van der Waals surface area contributed by atoms with Crippen molar-refractivity contribution in [3.05, 3.63) is 66.0 Å². The Morgan fingerprint density at radius 1 is 0.963 bits per heavy atom. The van der Waals surface area contributed by atoms with Crippen LogP contribution in [0.25, 0.3) is 0 Å². The van der Waals surface area contributed by atoms with Crippen molar-refractivity contribution in [2.75, 3.05) is 31.1 Å². The maximum Gasteiger partial charge on any atom is 0.339 e. The van der Waals surface area contributed by atoms with Crippen molar-refractivity contribution in [2.45, 2.75) is 25.7 Å². The van der Waals surface area contributed by atoms with Crippen LogP contribution in [-0.4, -0.2) is 42.2 Å². The number of amides is 2. The summed E-state index contributed by atoms with van der Waals surface area (Å²) in [6.45, 7) is 3.22. The largest absolute Gasteiger partial charge is 0.339 e. The molecule has 5 heteroatoms. The molecule has 2 aliphatic heterocycles. The van der Waals surface area contributed by atoms with Gasteiger partial charge < -0.3 is 0 Å². The van der Waals surface area contributed by atoms with E-state index in [4.69, 9.17) is 0 Å². The highest BCUT2D eigenvalue weighted by Gasteiger charge is 2.35. The van der Waals surface area contributed by atoms with Gasteiger partial charge in [0.05, 0.1) is 6.54 Å². The molecule has 27 heavy (non-hydrogen) atoms. The average molecular weight is 367 g/mol. The zero-order chi connectivity index (χ0) is 18.6. The highest BCUT2D eigenvalue weighted by molar-refractivity contribution is 5.93. The van der Waals surface area contributed by atoms with E-state index in [2.05, 4.69) is 35.3 Å². The van der Waals surface area contributed by atoms with Crippen LogP contribution in [0.2, 0.25) is 0 Å². The molecule has 0 radical (unpaired) electrons. The molecular formula is C22H26FN3O. The first kappa shape index (κ1) is 18.0. The van der Waals surface area contributed by atoms with Crippen molar-refractivity contribution in [3.8, 4) is 0 Å². The normalized spacial score (nSPS) is 21.1. The number of benzene rings is 2. The lowest BCUT2D eigenvalue weighted by atomic mass is 9.92. The van der Waals surface area contributed by atoms with E-state index in [1.807, 2.05) is 5.01 Å². The molecule has 142 valence electrons.